The molecule has 2 aliphatic heterocycles. The van der Waals surface area contributed by atoms with Crippen molar-refractivity contribution >= 4 is 58.6 Å². The molecule has 3 heterocycles. The summed E-state index contributed by atoms with van der Waals surface area (Å²) in [6.07, 6.45) is 3.58. The zero-order valence-corrected chi connectivity index (χ0v) is 22.8. The van der Waals surface area contributed by atoms with Crippen LogP contribution in [0, 0.1) is 0 Å². The quantitative estimate of drug-likeness (QED) is 0.168. The standard InChI is InChI=1S/C29H24N2O7S2/c30-18-6-9-20-16(13-18)5-8-22-26(21-10-7-19(39(32,33)34)15-25(21)40(35,36)37)24-14-17-3-1-11-31-12-2-4-23(27(17)31)29(24)38-28(20)22/h5-10,13-15,30H,1-4,11-12H2,(H,32,33,34)(H,35,36,37)/p+1. The van der Waals surface area contributed by atoms with Crippen molar-refractivity contribution in [3.63, 3.8) is 0 Å². The molecule has 0 saturated heterocycles. The average molecular weight is 578 g/mol. The van der Waals surface area contributed by atoms with E-state index in [9.17, 15) is 25.9 Å². The molecule has 0 bridgehead atoms. The predicted molar refractivity (Wildman–Crippen MR) is 150 cm³/mol. The van der Waals surface area contributed by atoms with Crippen LogP contribution in [-0.2, 0) is 33.1 Å². The Balaban J connectivity index is 1.71. The third-order valence-corrected chi connectivity index (χ3v) is 9.75. The van der Waals surface area contributed by atoms with Gasteiger partial charge >= 0.3 is 0 Å². The highest BCUT2D eigenvalue weighted by atomic mass is 32.2. The number of fused-ring (bicyclic) bond motifs is 5. The van der Waals surface area contributed by atoms with Gasteiger partial charge in [0.2, 0.25) is 0 Å². The van der Waals surface area contributed by atoms with E-state index < -0.39 is 30.0 Å². The summed E-state index contributed by atoms with van der Waals surface area (Å²) >= 11 is 0. The number of aryl methyl sites for hydroxylation is 2. The monoisotopic (exact) mass is 577 g/mol. The van der Waals surface area contributed by atoms with Crippen molar-refractivity contribution < 1.29 is 35.8 Å². The molecule has 1 aromatic heterocycles. The van der Waals surface area contributed by atoms with Gasteiger partial charge in [-0.3, -0.25) is 14.5 Å². The first-order chi connectivity index (χ1) is 19.0. The van der Waals surface area contributed by atoms with Gasteiger partial charge in [-0.2, -0.15) is 16.8 Å². The van der Waals surface area contributed by atoms with Gasteiger partial charge in [-0.05, 0) is 67.0 Å². The van der Waals surface area contributed by atoms with E-state index in [0.29, 0.717) is 32.9 Å². The number of hydrogen-bond acceptors (Lipinski definition) is 6. The van der Waals surface area contributed by atoms with Gasteiger partial charge in [0, 0.05) is 63.8 Å². The lowest BCUT2D eigenvalue weighted by molar-refractivity contribution is -0.172. The summed E-state index contributed by atoms with van der Waals surface area (Å²) in [7, 11) is -9.65. The van der Waals surface area contributed by atoms with E-state index >= 15 is 0 Å². The Morgan fingerprint density at radius 3 is 2.27 bits per heavy atom. The maximum atomic E-state index is 12.7. The Kier molecular flexibility index (Phi) is 5.43. The third kappa shape index (κ3) is 3.84. The molecular formula is C29H25N2O7S2+. The minimum Gasteiger partial charge on any atom is -0.455 e. The Morgan fingerprint density at radius 2 is 1.52 bits per heavy atom. The fourth-order valence-corrected chi connectivity index (χ4v) is 7.69. The van der Waals surface area contributed by atoms with Gasteiger partial charge in [-0.15, -0.1) is 0 Å². The highest BCUT2D eigenvalue weighted by molar-refractivity contribution is 7.86. The van der Waals surface area contributed by atoms with E-state index in [-0.39, 0.29) is 5.56 Å². The molecule has 0 unspecified atom stereocenters. The molecule has 0 amide bonds. The number of nitrogens with two attached hydrogens (primary N) is 1. The smallest absolute Gasteiger partial charge is 0.295 e. The first-order valence-corrected chi connectivity index (χ1v) is 15.8. The van der Waals surface area contributed by atoms with E-state index in [2.05, 4.69) is 4.90 Å². The maximum absolute atomic E-state index is 12.7. The van der Waals surface area contributed by atoms with Crippen molar-refractivity contribution in [3.05, 3.63) is 71.1 Å². The van der Waals surface area contributed by atoms with Crippen molar-refractivity contribution in [1.82, 2.24) is 0 Å². The largest absolute Gasteiger partial charge is 0.455 e. The van der Waals surface area contributed by atoms with Crippen molar-refractivity contribution in [2.75, 3.05) is 18.0 Å². The Bertz CT molecular complexity index is 2200. The summed E-state index contributed by atoms with van der Waals surface area (Å²) in [4.78, 5) is 1.12. The first kappa shape index (κ1) is 25.2. The van der Waals surface area contributed by atoms with Crippen LogP contribution in [0.15, 0.2) is 68.8 Å². The molecule has 0 aliphatic carbocycles. The summed E-state index contributed by atoms with van der Waals surface area (Å²) < 4.78 is 75.7. The van der Waals surface area contributed by atoms with Crippen LogP contribution < -0.4 is 15.7 Å². The molecule has 0 atom stereocenters. The van der Waals surface area contributed by atoms with Gasteiger partial charge in [0.15, 0.2) is 5.36 Å². The lowest BCUT2D eigenvalue weighted by Crippen LogP contribution is -2.44. The van der Waals surface area contributed by atoms with Crippen LogP contribution in [0.25, 0.3) is 43.8 Å². The zero-order valence-electron chi connectivity index (χ0n) is 21.2. The zero-order chi connectivity index (χ0) is 28.0. The van der Waals surface area contributed by atoms with Crippen LogP contribution in [0.2, 0.25) is 0 Å². The van der Waals surface area contributed by atoms with Crippen molar-refractivity contribution in [2.24, 2.45) is 0 Å². The minimum absolute atomic E-state index is 0.103. The maximum Gasteiger partial charge on any atom is 0.295 e. The molecule has 0 saturated carbocycles. The summed E-state index contributed by atoms with van der Waals surface area (Å²) in [5.41, 5.74) is 5.09. The molecule has 4 N–H and O–H groups in total. The van der Waals surface area contributed by atoms with Gasteiger partial charge in [0.05, 0.1) is 4.90 Å². The summed E-state index contributed by atoms with van der Waals surface area (Å²) in [5, 5.41) is 9.50. The molecule has 0 spiro atoms. The molecule has 204 valence electrons. The number of hydrogen-bond donors (Lipinski definition) is 3. The van der Waals surface area contributed by atoms with Gasteiger partial charge in [0.1, 0.15) is 16.1 Å². The average Bonchev–Trinajstić information content (AvgIpc) is 2.91. The second kappa shape index (κ2) is 8.61. The number of benzene rings is 4. The fraction of sp³-hybridized carbons (Fsp3) is 0.207. The Hall–Kier alpha value is -3.77. The van der Waals surface area contributed by atoms with Crippen LogP contribution >= 0.6 is 0 Å². The van der Waals surface area contributed by atoms with Gasteiger partial charge in [0.25, 0.3) is 20.2 Å². The Labute approximate surface area is 229 Å². The number of rotatable bonds is 3. The summed E-state index contributed by atoms with van der Waals surface area (Å²) in [6.45, 7) is 1.91. The van der Waals surface area contributed by atoms with E-state index in [0.717, 1.165) is 72.8 Å². The normalized spacial score (nSPS) is 15.6. The molecule has 40 heavy (non-hydrogen) atoms. The van der Waals surface area contributed by atoms with Crippen LogP contribution in [0.4, 0.5) is 5.69 Å². The molecule has 5 aromatic rings. The van der Waals surface area contributed by atoms with Crippen LogP contribution in [0.3, 0.4) is 0 Å². The highest BCUT2D eigenvalue weighted by Gasteiger charge is 2.30. The van der Waals surface area contributed by atoms with E-state index in [1.165, 1.54) is 11.8 Å². The second-order valence-electron chi connectivity index (χ2n) is 10.4. The second-order valence-corrected chi connectivity index (χ2v) is 13.3. The van der Waals surface area contributed by atoms with E-state index in [4.69, 9.17) is 9.83 Å². The topological polar surface area (TPSA) is 151 Å². The molecule has 7 rings (SSSR count). The SMILES string of the molecule is [NH2+]=c1ccc2c(ccc3c(-c4ccc(S(=O)(=O)O)cc4S(=O)(=O)O)c4cc5c6c(c4oc32)CCCN6CCC5)c1. The predicted octanol–water partition coefficient (Wildman–Crippen LogP) is 3.26. The van der Waals surface area contributed by atoms with Gasteiger partial charge in [-0.1, -0.05) is 12.1 Å². The lowest BCUT2D eigenvalue weighted by atomic mass is 9.87. The summed E-state index contributed by atoms with van der Waals surface area (Å²) in [5.74, 6) is 0. The fourth-order valence-electron chi connectivity index (χ4n) is 6.38. The molecule has 0 fully saturated rings. The van der Waals surface area contributed by atoms with E-state index in [1.807, 2.05) is 30.3 Å². The molecule has 9 nitrogen and oxygen atoms in total. The number of nitrogens with zero attached hydrogens (tertiary/aromatic N) is 1. The van der Waals surface area contributed by atoms with E-state index in [1.54, 1.807) is 6.07 Å². The molecule has 4 aromatic carbocycles. The van der Waals surface area contributed by atoms with Crippen molar-refractivity contribution in [3.8, 4) is 11.1 Å². The van der Waals surface area contributed by atoms with Gasteiger partial charge in [-0.25, -0.2) is 0 Å². The van der Waals surface area contributed by atoms with Crippen molar-refractivity contribution in [1.29, 1.82) is 0 Å². The highest BCUT2D eigenvalue weighted by Crippen LogP contribution is 2.47. The van der Waals surface area contributed by atoms with Crippen molar-refractivity contribution in [2.45, 2.75) is 35.5 Å². The van der Waals surface area contributed by atoms with Crippen LogP contribution in [0.5, 0.6) is 0 Å². The molecule has 11 heteroatoms. The minimum atomic E-state index is -4.91. The van der Waals surface area contributed by atoms with Crippen LogP contribution in [0.1, 0.15) is 24.0 Å². The first-order valence-electron chi connectivity index (χ1n) is 12.9. The molecule has 2 aliphatic rings. The molecular weight excluding hydrogens is 552 g/mol. The molecule has 0 radical (unpaired) electrons. The summed E-state index contributed by atoms with van der Waals surface area (Å²) in [6, 6.07) is 14.4. The number of anilines is 1. The van der Waals surface area contributed by atoms with Crippen LogP contribution in [-0.4, -0.2) is 39.0 Å². The van der Waals surface area contributed by atoms with Gasteiger partial charge < -0.3 is 9.32 Å². The Morgan fingerprint density at radius 1 is 0.775 bits per heavy atom. The lowest BCUT2D eigenvalue weighted by Gasteiger charge is -2.37. The third-order valence-electron chi connectivity index (χ3n) is 8.01.